The number of aryl methyl sites for hydroxylation is 3. The highest BCUT2D eigenvalue weighted by molar-refractivity contribution is 5.74. The lowest BCUT2D eigenvalue weighted by molar-refractivity contribution is -0.136. The summed E-state index contributed by atoms with van der Waals surface area (Å²) in [4.78, 5) is 11.0. The molecule has 39 heavy (non-hydrogen) atoms. The van der Waals surface area contributed by atoms with Crippen LogP contribution < -0.4 is 0 Å². The molecule has 0 heterocycles. The Labute approximate surface area is 233 Å². The van der Waals surface area contributed by atoms with Gasteiger partial charge in [0.1, 0.15) is 5.82 Å². The van der Waals surface area contributed by atoms with E-state index in [1.165, 1.54) is 22.8 Å². The third-order valence-corrected chi connectivity index (χ3v) is 8.60. The number of benzene rings is 3. The first-order chi connectivity index (χ1) is 18.4. The zero-order valence-electron chi connectivity index (χ0n) is 24.5. The predicted molar refractivity (Wildman–Crippen MR) is 160 cm³/mol. The van der Waals surface area contributed by atoms with Crippen LogP contribution in [0.4, 0.5) is 4.39 Å². The summed E-state index contributed by atoms with van der Waals surface area (Å²) >= 11 is 0. The van der Waals surface area contributed by atoms with Crippen molar-refractivity contribution < 1.29 is 19.4 Å². The molecule has 208 valence electrons. The van der Waals surface area contributed by atoms with E-state index in [0.29, 0.717) is 12.8 Å². The zero-order chi connectivity index (χ0) is 29.0. The molecule has 3 aromatic carbocycles. The van der Waals surface area contributed by atoms with Gasteiger partial charge in [0.2, 0.25) is 0 Å². The van der Waals surface area contributed by atoms with Crippen molar-refractivity contribution in [1.82, 2.24) is 0 Å². The number of carbonyl (C=O) groups is 1. The Balaban J connectivity index is 2.05. The lowest BCUT2D eigenvalue weighted by atomic mass is 9.69. The number of hydrogen-bond acceptors (Lipinski definition) is 2. The number of aliphatic hydroxyl groups is 1. The minimum atomic E-state index is -1.04. The Hall–Kier alpha value is -3.24. The van der Waals surface area contributed by atoms with Crippen molar-refractivity contribution in [1.29, 1.82) is 0 Å². The van der Waals surface area contributed by atoms with Gasteiger partial charge in [0.05, 0.1) is 12.0 Å². The highest BCUT2D eigenvalue weighted by Gasteiger charge is 2.32. The summed E-state index contributed by atoms with van der Waals surface area (Å²) in [7, 11) is 0. The SMILES string of the molecule is CCC(O)(/C=C/c1ccc(C(CC)(CC)c2cc(C)c(-c3ccc(CC(=O)O)c(F)c3)c(C)c2)cc1C)CC. The van der Waals surface area contributed by atoms with E-state index in [-0.39, 0.29) is 17.4 Å². The minimum Gasteiger partial charge on any atom is -0.481 e. The molecule has 0 unspecified atom stereocenters. The Kier molecular flexibility index (Phi) is 9.55. The van der Waals surface area contributed by atoms with Gasteiger partial charge in [-0.15, -0.1) is 0 Å². The lowest BCUT2D eigenvalue weighted by Gasteiger charge is -2.35. The van der Waals surface area contributed by atoms with E-state index in [0.717, 1.165) is 40.7 Å². The van der Waals surface area contributed by atoms with Gasteiger partial charge in [0.25, 0.3) is 0 Å². The molecule has 0 saturated carbocycles. The largest absolute Gasteiger partial charge is 0.481 e. The number of halogens is 1. The second-order valence-corrected chi connectivity index (χ2v) is 10.9. The molecule has 3 rings (SSSR count). The number of aliphatic carboxylic acids is 1. The summed E-state index contributed by atoms with van der Waals surface area (Å²) in [5, 5.41) is 19.7. The van der Waals surface area contributed by atoms with Gasteiger partial charge < -0.3 is 10.2 Å². The first-order valence-corrected chi connectivity index (χ1v) is 14.1. The Morgan fingerprint density at radius 2 is 1.41 bits per heavy atom. The molecule has 0 aliphatic heterocycles. The molecule has 0 atom stereocenters. The quantitative estimate of drug-likeness (QED) is 0.261. The molecule has 0 fully saturated rings. The molecule has 0 spiro atoms. The second-order valence-electron chi connectivity index (χ2n) is 10.9. The molecular weight excluding hydrogens is 487 g/mol. The van der Waals surface area contributed by atoms with E-state index in [9.17, 15) is 14.3 Å². The van der Waals surface area contributed by atoms with Crippen molar-refractivity contribution in [2.24, 2.45) is 0 Å². The monoisotopic (exact) mass is 530 g/mol. The summed E-state index contributed by atoms with van der Waals surface area (Å²) in [5.74, 6) is -1.54. The Bertz CT molecular complexity index is 1340. The summed E-state index contributed by atoms with van der Waals surface area (Å²) < 4.78 is 14.7. The van der Waals surface area contributed by atoms with Crippen LogP contribution in [0, 0.1) is 26.6 Å². The van der Waals surface area contributed by atoms with Crippen molar-refractivity contribution in [3.63, 3.8) is 0 Å². The normalized spacial score (nSPS) is 12.3. The van der Waals surface area contributed by atoms with E-state index >= 15 is 0 Å². The Morgan fingerprint density at radius 1 is 0.821 bits per heavy atom. The predicted octanol–water partition coefficient (Wildman–Crippen LogP) is 8.72. The van der Waals surface area contributed by atoms with Crippen LogP contribution in [0.3, 0.4) is 0 Å². The van der Waals surface area contributed by atoms with Gasteiger partial charge in [0, 0.05) is 5.41 Å². The van der Waals surface area contributed by atoms with E-state index in [1.54, 1.807) is 6.07 Å². The van der Waals surface area contributed by atoms with Crippen LogP contribution in [-0.4, -0.2) is 21.8 Å². The van der Waals surface area contributed by atoms with Gasteiger partial charge in [-0.2, -0.15) is 0 Å². The first kappa shape index (κ1) is 30.3. The average Bonchev–Trinajstić information content (AvgIpc) is 2.90. The van der Waals surface area contributed by atoms with E-state index in [1.807, 2.05) is 32.1 Å². The molecule has 2 N–H and O–H groups in total. The van der Waals surface area contributed by atoms with Crippen molar-refractivity contribution >= 4 is 12.0 Å². The summed E-state index contributed by atoms with van der Waals surface area (Å²) in [6.45, 7) is 14.7. The van der Waals surface area contributed by atoms with Crippen LogP contribution in [0.2, 0.25) is 0 Å². The van der Waals surface area contributed by atoms with Crippen LogP contribution in [0.5, 0.6) is 0 Å². The average molecular weight is 531 g/mol. The maximum absolute atomic E-state index is 14.7. The third-order valence-electron chi connectivity index (χ3n) is 8.60. The van der Waals surface area contributed by atoms with Crippen molar-refractivity contribution in [2.75, 3.05) is 0 Å². The first-order valence-electron chi connectivity index (χ1n) is 14.1. The maximum Gasteiger partial charge on any atom is 0.307 e. The Morgan fingerprint density at radius 3 is 1.90 bits per heavy atom. The molecule has 4 heteroatoms. The second kappa shape index (κ2) is 12.3. The highest BCUT2D eigenvalue weighted by Crippen LogP contribution is 2.42. The molecule has 0 radical (unpaired) electrons. The van der Waals surface area contributed by atoms with E-state index in [2.05, 4.69) is 65.0 Å². The van der Waals surface area contributed by atoms with Gasteiger partial charge in [-0.25, -0.2) is 4.39 Å². The molecule has 0 aromatic heterocycles. The molecule has 0 bridgehead atoms. The van der Waals surface area contributed by atoms with Crippen LogP contribution in [0.25, 0.3) is 17.2 Å². The number of hydrogen-bond donors (Lipinski definition) is 2. The van der Waals surface area contributed by atoms with Gasteiger partial charge in [0.15, 0.2) is 0 Å². The van der Waals surface area contributed by atoms with E-state index in [4.69, 9.17) is 5.11 Å². The molecule has 0 aliphatic rings. The number of carboxylic acid groups (broad SMARTS) is 1. The standard InChI is InChI=1S/C35H43FO3/c1-8-34(39,9-2)17-16-26-14-15-29(18-23(26)5)35(10-3,11-4)30-19-24(6)33(25(7)20-30)28-13-12-27(22-32(37)38)31(36)21-28/h12-21,39H,8-11,22H2,1-7H3,(H,37,38)/b17-16+. The van der Waals surface area contributed by atoms with Gasteiger partial charge in [-0.3, -0.25) is 4.79 Å². The molecule has 0 amide bonds. The van der Waals surface area contributed by atoms with Crippen molar-refractivity contribution in [2.45, 2.75) is 91.6 Å². The maximum atomic E-state index is 14.7. The summed E-state index contributed by atoms with van der Waals surface area (Å²) in [6, 6.07) is 15.9. The summed E-state index contributed by atoms with van der Waals surface area (Å²) in [6.07, 6.45) is 6.85. The number of carboxylic acids is 1. The molecule has 3 nitrogen and oxygen atoms in total. The van der Waals surface area contributed by atoms with Gasteiger partial charge >= 0.3 is 5.97 Å². The lowest BCUT2D eigenvalue weighted by Crippen LogP contribution is -2.26. The van der Waals surface area contributed by atoms with Crippen LogP contribution in [-0.2, 0) is 16.6 Å². The summed E-state index contributed by atoms with van der Waals surface area (Å²) in [5.41, 5.74) is 7.89. The van der Waals surface area contributed by atoms with Gasteiger partial charge in [-0.05, 0) is 103 Å². The fraction of sp³-hybridized carbons (Fsp3) is 0.400. The zero-order valence-corrected chi connectivity index (χ0v) is 24.5. The fourth-order valence-corrected chi connectivity index (χ4v) is 5.83. The van der Waals surface area contributed by atoms with Crippen LogP contribution >= 0.6 is 0 Å². The molecule has 0 saturated heterocycles. The smallest absolute Gasteiger partial charge is 0.307 e. The van der Waals surface area contributed by atoms with E-state index < -0.39 is 17.4 Å². The fourth-order valence-electron chi connectivity index (χ4n) is 5.83. The molecule has 0 aliphatic carbocycles. The molecule has 3 aromatic rings. The van der Waals surface area contributed by atoms with Gasteiger partial charge in [-0.1, -0.05) is 82.3 Å². The highest BCUT2D eigenvalue weighted by atomic mass is 19.1. The van der Waals surface area contributed by atoms with Crippen LogP contribution in [0.15, 0.2) is 54.6 Å². The van der Waals surface area contributed by atoms with Crippen molar-refractivity contribution in [3.05, 3.63) is 99.4 Å². The topological polar surface area (TPSA) is 57.5 Å². The van der Waals surface area contributed by atoms with Crippen LogP contribution in [0.1, 0.15) is 92.3 Å². The molecular formula is C35H43FO3. The minimum absolute atomic E-state index is 0.175. The van der Waals surface area contributed by atoms with Crippen molar-refractivity contribution in [3.8, 4) is 11.1 Å². The third kappa shape index (κ3) is 6.33. The number of rotatable bonds is 11.